The maximum Gasteiger partial charge on any atom is 0.231 e. The van der Waals surface area contributed by atoms with Crippen molar-refractivity contribution in [2.45, 2.75) is 26.3 Å². The van der Waals surface area contributed by atoms with Crippen LogP contribution in [0.1, 0.15) is 22.3 Å². The van der Waals surface area contributed by atoms with Crippen LogP contribution < -0.4 is 40.5 Å². The van der Waals surface area contributed by atoms with Crippen LogP contribution in [0.5, 0.6) is 23.0 Å². The molecule has 0 unspecified atom stereocenters. The van der Waals surface area contributed by atoms with E-state index in [9.17, 15) is 0 Å². The smallest absolute Gasteiger partial charge is 0.231 e. The van der Waals surface area contributed by atoms with Crippen LogP contribution in [0, 0.1) is 6.92 Å². The average Bonchev–Trinajstić information content (AvgIpc) is 3.34. The Morgan fingerprint density at radius 2 is 1.81 bits per heavy atom. The summed E-state index contributed by atoms with van der Waals surface area (Å²) in [6, 6.07) is 17.4. The zero-order valence-corrected chi connectivity index (χ0v) is 22.1. The van der Waals surface area contributed by atoms with Crippen LogP contribution in [0.2, 0.25) is 0 Å². The fourth-order valence-electron chi connectivity index (χ4n) is 5.96. The molecule has 0 saturated heterocycles. The largest absolute Gasteiger partial charge is 1.00 e. The Morgan fingerprint density at radius 1 is 0.917 bits per heavy atom. The second kappa shape index (κ2) is 8.56. The van der Waals surface area contributed by atoms with Gasteiger partial charge in [-0.2, -0.15) is 4.57 Å². The molecular weight excluding hydrogens is 518 g/mol. The van der Waals surface area contributed by atoms with Gasteiger partial charge in [-0.05, 0) is 54.3 Å². The molecule has 5 nitrogen and oxygen atoms in total. The monoisotopic (exact) mass is 543 g/mol. The van der Waals surface area contributed by atoms with Crippen LogP contribution in [-0.2, 0) is 19.4 Å². The Labute approximate surface area is 219 Å². The van der Waals surface area contributed by atoms with Crippen molar-refractivity contribution >= 4 is 32.4 Å². The van der Waals surface area contributed by atoms with Crippen LogP contribution in [0.4, 0.5) is 0 Å². The summed E-state index contributed by atoms with van der Waals surface area (Å²) in [5.41, 5.74) is 6.36. The third kappa shape index (κ3) is 3.24. The van der Waals surface area contributed by atoms with Gasteiger partial charge in [0.2, 0.25) is 12.3 Å². The third-order valence-electron chi connectivity index (χ3n) is 7.42. The van der Waals surface area contributed by atoms with Crippen LogP contribution in [0.25, 0.3) is 32.4 Å². The van der Waals surface area contributed by atoms with Crippen molar-refractivity contribution in [2.75, 3.05) is 21.0 Å². The Hall–Kier alpha value is -3.51. The number of methoxy groups -OCH3 is 2. The Balaban J connectivity index is 0.00000240. The first kappa shape index (κ1) is 22.9. The molecule has 0 N–H and O–H groups in total. The molecule has 4 aromatic carbocycles. The minimum atomic E-state index is 0. The van der Waals surface area contributed by atoms with E-state index in [-0.39, 0.29) is 23.8 Å². The summed E-state index contributed by atoms with van der Waals surface area (Å²) in [6.07, 6.45) is 3.97. The number of ether oxygens (including phenoxy) is 4. The van der Waals surface area contributed by atoms with Gasteiger partial charge in [-0.25, -0.2) is 0 Å². The van der Waals surface area contributed by atoms with Gasteiger partial charge in [-0.1, -0.05) is 29.8 Å². The number of benzene rings is 4. The van der Waals surface area contributed by atoms with E-state index in [0.717, 1.165) is 53.2 Å². The molecule has 7 rings (SSSR count). The lowest BCUT2D eigenvalue weighted by molar-refractivity contribution is -0.670. The summed E-state index contributed by atoms with van der Waals surface area (Å²) in [5, 5.41) is 5.89. The van der Waals surface area contributed by atoms with E-state index in [0.29, 0.717) is 0 Å². The number of hydrogen-bond donors (Lipinski definition) is 0. The summed E-state index contributed by atoms with van der Waals surface area (Å²) >= 11 is 0. The molecule has 2 aliphatic rings. The van der Waals surface area contributed by atoms with Crippen molar-refractivity contribution in [1.29, 1.82) is 0 Å². The number of fused-ring (bicyclic) bond motifs is 4. The molecule has 0 bridgehead atoms. The van der Waals surface area contributed by atoms with E-state index in [1.165, 1.54) is 43.9 Å². The molecule has 2 aliphatic heterocycles. The topological polar surface area (TPSA) is 40.8 Å². The van der Waals surface area contributed by atoms with E-state index in [2.05, 4.69) is 60.2 Å². The standard InChI is InChI=1S/C30H26NO4.BrH/c1-17-5-4-6-18(11-17)12-20-13-22-21-7-8-24(32-2)29(33-3)23(21)15-31-10-9-19-14-25-30(35-16-34-25)27(20)26(19)28(22)31;/h4-8,11,13-15H,9-10,12,16H2,1-3H3;1H/q+1;/p-1. The zero-order valence-electron chi connectivity index (χ0n) is 20.5. The van der Waals surface area contributed by atoms with Crippen molar-refractivity contribution in [2.24, 2.45) is 0 Å². The van der Waals surface area contributed by atoms with E-state index >= 15 is 0 Å². The number of rotatable bonds is 4. The molecule has 3 heterocycles. The molecule has 0 saturated carbocycles. The first-order chi connectivity index (χ1) is 17.2. The molecule has 0 atom stereocenters. The van der Waals surface area contributed by atoms with Gasteiger partial charge in [-0.3, -0.25) is 0 Å². The maximum absolute atomic E-state index is 6.07. The number of aryl methyl sites for hydroxylation is 3. The quantitative estimate of drug-likeness (QED) is 0.258. The highest BCUT2D eigenvalue weighted by atomic mass is 79.9. The molecule has 0 aliphatic carbocycles. The van der Waals surface area contributed by atoms with Crippen molar-refractivity contribution in [3.63, 3.8) is 0 Å². The molecule has 36 heavy (non-hydrogen) atoms. The molecule has 1 aromatic heterocycles. The van der Waals surface area contributed by atoms with Crippen LogP contribution in [-0.4, -0.2) is 21.0 Å². The van der Waals surface area contributed by atoms with Gasteiger partial charge >= 0.3 is 0 Å². The Kier molecular flexibility index (Phi) is 5.45. The van der Waals surface area contributed by atoms with Gasteiger partial charge in [0, 0.05) is 17.2 Å². The second-order valence-corrected chi connectivity index (χ2v) is 9.45. The predicted octanol–water partition coefficient (Wildman–Crippen LogP) is 2.64. The first-order valence-electron chi connectivity index (χ1n) is 12.0. The third-order valence-corrected chi connectivity index (χ3v) is 7.42. The maximum atomic E-state index is 6.07. The lowest BCUT2D eigenvalue weighted by Gasteiger charge is -2.20. The van der Waals surface area contributed by atoms with Gasteiger partial charge in [-0.15, -0.1) is 0 Å². The van der Waals surface area contributed by atoms with E-state index in [1.54, 1.807) is 14.2 Å². The van der Waals surface area contributed by atoms with Gasteiger partial charge < -0.3 is 35.9 Å². The fourth-order valence-corrected chi connectivity index (χ4v) is 5.96. The molecule has 5 aromatic rings. The van der Waals surface area contributed by atoms with Gasteiger partial charge in [0.05, 0.1) is 30.4 Å². The first-order valence-corrected chi connectivity index (χ1v) is 12.0. The second-order valence-electron chi connectivity index (χ2n) is 9.45. The molecule has 0 amide bonds. The lowest BCUT2D eigenvalue weighted by atomic mass is 9.88. The lowest BCUT2D eigenvalue weighted by Crippen LogP contribution is -3.00. The average molecular weight is 544 g/mol. The van der Waals surface area contributed by atoms with Crippen LogP contribution in [0.3, 0.4) is 0 Å². The minimum absolute atomic E-state index is 0. The number of pyridine rings is 1. The summed E-state index contributed by atoms with van der Waals surface area (Å²) in [4.78, 5) is 0. The van der Waals surface area contributed by atoms with E-state index in [4.69, 9.17) is 18.9 Å². The minimum Gasteiger partial charge on any atom is -1.00 e. The van der Waals surface area contributed by atoms with E-state index < -0.39 is 0 Å². The van der Waals surface area contributed by atoms with Crippen molar-refractivity contribution < 1.29 is 40.5 Å². The van der Waals surface area contributed by atoms with Crippen molar-refractivity contribution in [3.05, 3.63) is 77.0 Å². The molecular formula is C30H26BrNO4. The summed E-state index contributed by atoms with van der Waals surface area (Å²) in [5.74, 6) is 3.24. The Morgan fingerprint density at radius 3 is 2.61 bits per heavy atom. The normalized spacial score (nSPS) is 13.4. The van der Waals surface area contributed by atoms with E-state index in [1.807, 2.05) is 6.07 Å². The number of nitrogens with zero attached hydrogens (tertiary/aromatic N) is 1. The van der Waals surface area contributed by atoms with Gasteiger partial charge in [0.25, 0.3) is 0 Å². The highest BCUT2D eigenvalue weighted by molar-refractivity contribution is 6.18. The molecule has 6 heteroatoms. The van der Waals surface area contributed by atoms with Crippen molar-refractivity contribution in [3.8, 4) is 23.0 Å². The highest BCUT2D eigenvalue weighted by Crippen LogP contribution is 2.48. The number of hydrogen-bond acceptors (Lipinski definition) is 4. The predicted molar refractivity (Wildman–Crippen MR) is 136 cm³/mol. The molecule has 0 radical (unpaired) electrons. The van der Waals surface area contributed by atoms with Gasteiger partial charge in [0.15, 0.2) is 35.7 Å². The molecule has 182 valence electrons. The summed E-state index contributed by atoms with van der Waals surface area (Å²) in [7, 11) is 3.39. The van der Waals surface area contributed by atoms with Gasteiger partial charge in [0.1, 0.15) is 0 Å². The van der Waals surface area contributed by atoms with Crippen LogP contribution in [0.15, 0.2) is 54.7 Å². The number of halogens is 1. The summed E-state index contributed by atoms with van der Waals surface area (Å²) < 4.78 is 25.7. The zero-order chi connectivity index (χ0) is 23.7. The highest BCUT2D eigenvalue weighted by Gasteiger charge is 2.31. The SMILES string of the molecule is COc1ccc2c(c[n+]3c4c2cc(Cc2cccc(C)c2)c2c5c(cc(c24)CC3)OCO5)c1OC.[Br-]. The molecule has 0 fully saturated rings. The Bertz CT molecular complexity index is 1700. The summed E-state index contributed by atoms with van der Waals surface area (Å²) in [6.45, 7) is 3.31. The van der Waals surface area contributed by atoms with Crippen molar-refractivity contribution in [1.82, 2.24) is 0 Å². The fraction of sp³-hybridized carbons (Fsp3) is 0.233. The van der Waals surface area contributed by atoms with Crippen LogP contribution >= 0.6 is 0 Å². The number of aromatic nitrogens is 1. The molecule has 0 spiro atoms.